The van der Waals surface area contributed by atoms with Gasteiger partial charge in [-0.2, -0.15) is 0 Å². The number of likely N-dealkylation sites (N-methyl/N-ethyl adjacent to an activating group) is 2. The molecule has 2 aromatic heterocycles. The molecule has 0 saturated carbocycles. The number of nitrogens with zero attached hydrogens (tertiary/aromatic N) is 4. The zero-order chi connectivity index (χ0) is 20.8. The first kappa shape index (κ1) is 20.4. The van der Waals surface area contributed by atoms with Crippen LogP contribution in [-0.2, 0) is 11.4 Å². The van der Waals surface area contributed by atoms with Crippen LogP contribution in [0.1, 0.15) is 29.9 Å². The van der Waals surface area contributed by atoms with Crippen molar-refractivity contribution in [3.63, 3.8) is 0 Å². The Labute approximate surface area is 170 Å². The molecule has 3 aromatic rings. The summed E-state index contributed by atoms with van der Waals surface area (Å²) in [5.41, 5.74) is 2.14. The summed E-state index contributed by atoms with van der Waals surface area (Å²) < 4.78 is 7.76. The minimum atomic E-state index is -0.219. The molecule has 0 atom stereocenters. The Morgan fingerprint density at radius 2 is 1.90 bits per heavy atom. The van der Waals surface area contributed by atoms with E-state index in [-0.39, 0.29) is 18.4 Å². The van der Waals surface area contributed by atoms with Crippen molar-refractivity contribution in [3.8, 4) is 5.75 Å². The van der Waals surface area contributed by atoms with Gasteiger partial charge < -0.3 is 18.9 Å². The number of pyridine rings is 1. The molecule has 0 bridgehead atoms. The number of imidazole rings is 1. The Morgan fingerprint density at radius 3 is 2.62 bits per heavy atom. The maximum atomic E-state index is 12.7. The summed E-state index contributed by atoms with van der Waals surface area (Å²) in [6.07, 6.45) is 3.84. The van der Waals surface area contributed by atoms with Crippen LogP contribution in [-0.4, -0.2) is 57.7 Å². The zero-order valence-corrected chi connectivity index (χ0v) is 17.0. The average Bonchev–Trinajstić information content (AvgIpc) is 3.16. The highest BCUT2D eigenvalue weighted by Gasteiger charge is 2.18. The van der Waals surface area contributed by atoms with E-state index in [2.05, 4.69) is 4.98 Å². The van der Waals surface area contributed by atoms with E-state index >= 15 is 0 Å². The number of rotatable bonds is 8. The Balaban J connectivity index is 1.63. The summed E-state index contributed by atoms with van der Waals surface area (Å²) in [5, 5.41) is 0. The van der Waals surface area contributed by atoms with Gasteiger partial charge in [-0.25, -0.2) is 4.98 Å². The molecule has 0 aliphatic heterocycles. The minimum Gasteiger partial charge on any atom is -0.487 e. The molecule has 0 aliphatic rings. The number of carbonyl (C=O) groups excluding carboxylic acids is 2. The number of benzene rings is 1. The number of aromatic nitrogens is 2. The van der Waals surface area contributed by atoms with E-state index in [1.54, 1.807) is 36.2 Å². The molecular formula is C22H26N4O3. The lowest BCUT2D eigenvalue weighted by Crippen LogP contribution is -2.41. The topological polar surface area (TPSA) is 67.2 Å². The van der Waals surface area contributed by atoms with Gasteiger partial charge in [-0.3, -0.25) is 9.59 Å². The summed E-state index contributed by atoms with van der Waals surface area (Å²) in [6, 6.07) is 12.8. The fourth-order valence-corrected chi connectivity index (χ4v) is 3.10. The van der Waals surface area contributed by atoms with Crippen molar-refractivity contribution in [1.29, 1.82) is 0 Å². The average molecular weight is 394 g/mol. The van der Waals surface area contributed by atoms with Crippen LogP contribution in [0.4, 0.5) is 0 Å². The van der Waals surface area contributed by atoms with E-state index in [0.717, 1.165) is 11.3 Å². The predicted molar refractivity (Wildman–Crippen MR) is 111 cm³/mol. The minimum absolute atomic E-state index is 0.0485. The molecule has 1 aromatic carbocycles. The third kappa shape index (κ3) is 4.93. The molecular weight excluding hydrogens is 368 g/mol. The smallest absolute Gasteiger partial charge is 0.254 e. The predicted octanol–water partition coefficient (Wildman–Crippen LogP) is 2.85. The standard InChI is InChI=1S/C22H26N4O3/c1-4-25(5-2)21(27)15-24(3)22(28)17-9-8-10-19(13-17)29-16-18-14-26-12-7-6-11-20(26)23-18/h6-14H,4-5,15-16H2,1-3H3. The summed E-state index contributed by atoms with van der Waals surface area (Å²) in [4.78, 5) is 32.6. The molecule has 0 radical (unpaired) electrons. The molecule has 29 heavy (non-hydrogen) atoms. The van der Waals surface area contributed by atoms with Crippen molar-refractivity contribution in [3.05, 3.63) is 66.1 Å². The number of hydrogen-bond donors (Lipinski definition) is 0. The van der Waals surface area contributed by atoms with Gasteiger partial charge in [-0.1, -0.05) is 12.1 Å². The van der Waals surface area contributed by atoms with Crippen LogP contribution in [0.3, 0.4) is 0 Å². The molecule has 0 saturated heterocycles. The fourth-order valence-electron chi connectivity index (χ4n) is 3.10. The first-order valence-electron chi connectivity index (χ1n) is 9.70. The molecule has 0 fully saturated rings. The molecule has 0 N–H and O–H groups in total. The van der Waals surface area contributed by atoms with Gasteiger partial charge >= 0.3 is 0 Å². The first-order valence-corrected chi connectivity index (χ1v) is 9.70. The van der Waals surface area contributed by atoms with Gasteiger partial charge in [0.2, 0.25) is 5.91 Å². The fraction of sp³-hybridized carbons (Fsp3) is 0.318. The third-order valence-electron chi connectivity index (χ3n) is 4.72. The normalized spacial score (nSPS) is 10.7. The second kappa shape index (κ2) is 9.23. The highest BCUT2D eigenvalue weighted by molar-refractivity contribution is 5.96. The maximum Gasteiger partial charge on any atom is 0.254 e. The van der Waals surface area contributed by atoms with Crippen LogP contribution < -0.4 is 4.74 Å². The molecule has 7 nitrogen and oxygen atoms in total. The number of hydrogen-bond acceptors (Lipinski definition) is 4. The van der Waals surface area contributed by atoms with Crippen molar-refractivity contribution in [2.45, 2.75) is 20.5 Å². The Bertz CT molecular complexity index is 961. The van der Waals surface area contributed by atoms with Crippen LogP contribution in [0.25, 0.3) is 5.65 Å². The van der Waals surface area contributed by atoms with E-state index in [1.807, 2.05) is 48.8 Å². The van der Waals surface area contributed by atoms with Crippen molar-refractivity contribution < 1.29 is 14.3 Å². The van der Waals surface area contributed by atoms with Crippen molar-refractivity contribution in [2.24, 2.45) is 0 Å². The molecule has 0 spiro atoms. The van der Waals surface area contributed by atoms with E-state index in [9.17, 15) is 9.59 Å². The van der Waals surface area contributed by atoms with E-state index in [1.165, 1.54) is 4.90 Å². The van der Waals surface area contributed by atoms with Gasteiger partial charge in [0, 0.05) is 38.1 Å². The third-order valence-corrected chi connectivity index (χ3v) is 4.72. The van der Waals surface area contributed by atoms with Gasteiger partial charge in [-0.15, -0.1) is 0 Å². The van der Waals surface area contributed by atoms with Gasteiger partial charge in [0.05, 0.1) is 12.2 Å². The van der Waals surface area contributed by atoms with Gasteiger partial charge in [-0.05, 0) is 44.2 Å². The van der Waals surface area contributed by atoms with Gasteiger partial charge in [0.25, 0.3) is 5.91 Å². The lowest BCUT2D eigenvalue weighted by Gasteiger charge is -2.23. The maximum absolute atomic E-state index is 12.7. The van der Waals surface area contributed by atoms with Gasteiger partial charge in [0.15, 0.2) is 0 Å². The quantitative estimate of drug-likeness (QED) is 0.589. The van der Waals surface area contributed by atoms with Gasteiger partial charge in [0.1, 0.15) is 18.0 Å². The number of amides is 2. The molecule has 152 valence electrons. The van der Waals surface area contributed by atoms with Crippen molar-refractivity contribution >= 4 is 17.5 Å². The molecule has 2 amide bonds. The monoisotopic (exact) mass is 394 g/mol. The zero-order valence-electron chi connectivity index (χ0n) is 17.0. The summed E-state index contributed by atoms with van der Waals surface area (Å²) >= 11 is 0. The Hall–Kier alpha value is -3.35. The van der Waals surface area contributed by atoms with Crippen LogP contribution in [0.5, 0.6) is 5.75 Å². The number of fused-ring (bicyclic) bond motifs is 1. The second-order valence-corrected chi connectivity index (χ2v) is 6.74. The van der Waals surface area contributed by atoms with Crippen LogP contribution in [0.15, 0.2) is 54.9 Å². The van der Waals surface area contributed by atoms with E-state index < -0.39 is 0 Å². The van der Waals surface area contributed by atoms with Crippen LogP contribution >= 0.6 is 0 Å². The van der Waals surface area contributed by atoms with Crippen molar-refractivity contribution in [1.82, 2.24) is 19.2 Å². The highest BCUT2D eigenvalue weighted by atomic mass is 16.5. The SMILES string of the molecule is CCN(CC)C(=O)CN(C)C(=O)c1cccc(OCc2cn3ccccc3n2)c1. The first-order chi connectivity index (χ1) is 14.0. The molecule has 2 heterocycles. The molecule has 7 heteroatoms. The summed E-state index contributed by atoms with van der Waals surface area (Å²) in [7, 11) is 1.63. The molecule has 0 unspecified atom stereocenters. The number of carbonyl (C=O) groups is 2. The molecule has 3 rings (SSSR count). The van der Waals surface area contributed by atoms with Crippen LogP contribution in [0, 0.1) is 0 Å². The molecule has 0 aliphatic carbocycles. The largest absolute Gasteiger partial charge is 0.487 e. The van der Waals surface area contributed by atoms with E-state index in [0.29, 0.717) is 31.0 Å². The Morgan fingerprint density at radius 1 is 1.10 bits per heavy atom. The highest BCUT2D eigenvalue weighted by Crippen LogP contribution is 2.17. The number of ether oxygens (including phenoxy) is 1. The second-order valence-electron chi connectivity index (χ2n) is 6.74. The summed E-state index contributed by atoms with van der Waals surface area (Å²) in [5.74, 6) is 0.296. The van der Waals surface area contributed by atoms with Crippen LogP contribution in [0.2, 0.25) is 0 Å². The van der Waals surface area contributed by atoms with E-state index in [4.69, 9.17) is 4.74 Å². The lowest BCUT2D eigenvalue weighted by molar-refractivity contribution is -0.131. The Kier molecular flexibility index (Phi) is 6.49. The lowest BCUT2D eigenvalue weighted by atomic mass is 10.2. The van der Waals surface area contributed by atoms with Crippen molar-refractivity contribution in [2.75, 3.05) is 26.7 Å². The summed E-state index contributed by atoms with van der Waals surface area (Å²) in [6.45, 7) is 5.45.